The molecule has 0 aliphatic heterocycles. The number of nitrogens with zero attached hydrogens (tertiary/aromatic N) is 1. The predicted molar refractivity (Wildman–Crippen MR) is 146 cm³/mol. The summed E-state index contributed by atoms with van der Waals surface area (Å²) in [6, 6.07) is 11.5. The van der Waals surface area contributed by atoms with E-state index in [-0.39, 0.29) is 35.7 Å². The van der Waals surface area contributed by atoms with Crippen molar-refractivity contribution in [3.05, 3.63) is 79.6 Å². The minimum absolute atomic E-state index is 0.0129. The molecule has 5 N–H and O–H groups in total. The smallest absolute Gasteiger partial charge is 0.255 e. The molecule has 3 aliphatic rings. The third-order valence-electron chi connectivity index (χ3n) is 7.76. The lowest BCUT2D eigenvalue weighted by Gasteiger charge is -2.50. The van der Waals surface area contributed by atoms with E-state index in [4.69, 9.17) is 10.5 Å². The fourth-order valence-electron chi connectivity index (χ4n) is 6.08. The van der Waals surface area contributed by atoms with E-state index in [1.165, 1.54) is 6.07 Å². The Bertz CT molecular complexity index is 1430. The van der Waals surface area contributed by atoms with E-state index in [0.717, 1.165) is 9.13 Å². The topological polar surface area (TPSA) is 150 Å². The minimum atomic E-state index is -2.65. The zero-order valence-corrected chi connectivity index (χ0v) is 22.9. The maximum atomic E-state index is 14.0. The molecule has 5 rings (SSSR count). The van der Waals surface area contributed by atoms with Crippen molar-refractivity contribution >= 4 is 45.8 Å². The number of carbonyl (C=O) groups excluding carboxylic acids is 3. The number of aliphatic hydroxyl groups is 2. The Labute approximate surface area is 232 Å². The molecule has 1 amide bonds. The molecule has 4 atom stereocenters. The van der Waals surface area contributed by atoms with Crippen LogP contribution in [-0.2, 0) is 32.1 Å². The SMILES string of the molecule is CN(C)[C@@H]1C(OCc2ccccc2)=C(C(N)=O)C(=O)[C@@]2(O)C(=O)C3=C(O)c4c(O)ccc(I)c4C[C@H]3C[C@@H]12. The number of Topliss-reactive ketones (excluding diaryl/α,β-unsaturated/α-hetero) is 2. The van der Waals surface area contributed by atoms with E-state index < -0.39 is 52.3 Å². The van der Waals surface area contributed by atoms with Crippen molar-refractivity contribution in [1.82, 2.24) is 4.90 Å². The molecule has 9 nitrogen and oxygen atoms in total. The van der Waals surface area contributed by atoms with Crippen LogP contribution in [0.1, 0.15) is 23.1 Å². The number of halogens is 1. The minimum Gasteiger partial charge on any atom is -0.507 e. The van der Waals surface area contributed by atoms with Crippen molar-refractivity contribution in [1.29, 1.82) is 0 Å². The number of aromatic hydroxyl groups is 1. The van der Waals surface area contributed by atoms with Gasteiger partial charge in [0, 0.05) is 15.1 Å². The van der Waals surface area contributed by atoms with Gasteiger partial charge in [0.15, 0.2) is 5.60 Å². The molecule has 2 aromatic rings. The van der Waals surface area contributed by atoms with Crippen LogP contribution in [0.25, 0.3) is 5.76 Å². The summed E-state index contributed by atoms with van der Waals surface area (Å²) in [6.07, 6.45) is 0.465. The van der Waals surface area contributed by atoms with E-state index in [1.54, 1.807) is 25.1 Å². The lowest BCUT2D eigenvalue weighted by molar-refractivity contribution is -0.162. The van der Waals surface area contributed by atoms with Crippen LogP contribution in [0.4, 0.5) is 0 Å². The maximum Gasteiger partial charge on any atom is 0.255 e. The van der Waals surface area contributed by atoms with Crippen molar-refractivity contribution in [3.8, 4) is 5.75 Å². The average Bonchev–Trinajstić information content (AvgIpc) is 2.87. The largest absolute Gasteiger partial charge is 0.507 e. The zero-order valence-electron chi connectivity index (χ0n) is 20.8. The van der Waals surface area contributed by atoms with E-state index in [0.29, 0.717) is 12.0 Å². The van der Waals surface area contributed by atoms with Crippen LogP contribution in [0, 0.1) is 15.4 Å². The Morgan fingerprint density at radius 1 is 1.13 bits per heavy atom. The standard InChI is InChI=1S/C28H27IN2O7/c1-31(2)22-16-11-14-10-15-17(29)8-9-18(32)20(15)23(33)19(14)25(34)28(16,37)26(35)21(27(30)36)24(22)38-12-13-6-4-3-5-7-13/h3-9,14,16,22,32-33,37H,10-12H2,1-2H3,(H2,30,36)/t14-,16-,22-,28-/m0/s1. The van der Waals surface area contributed by atoms with E-state index in [9.17, 15) is 29.7 Å². The number of amides is 1. The number of primary amides is 1. The van der Waals surface area contributed by atoms with Gasteiger partial charge in [-0.3, -0.25) is 19.3 Å². The molecule has 0 heterocycles. The summed E-state index contributed by atoms with van der Waals surface area (Å²) in [7, 11) is 3.41. The Kier molecular flexibility index (Phi) is 6.60. The Morgan fingerprint density at radius 3 is 2.45 bits per heavy atom. The average molecular weight is 630 g/mol. The highest BCUT2D eigenvalue weighted by molar-refractivity contribution is 14.1. The fraction of sp³-hybridized carbons (Fsp3) is 0.321. The number of carbonyl (C=O) groups is 3. The van der Waals surface area contributed by atoms with Crippen LogP contribution in [0.2, 0.25) is 0 Å². The van der Waals surface area contributed by atoms with Crippen molar-refractivity contribution in [2.24, 2.45) is 17.6 Å². The molecule has 38 heavy (non-hydrogen) atoms. The number of rotatable bonds is 5. The number of likely N-dealkylation sites (N-methyl/N-ethyl adjacent to an activating group) is 1. The summed E-state index contributed by atoms with van der Waals surface area (Å²) in [6.45, 7) is 0.0455. The first-order valence-corrected chi connectivity index (χ1v) is 13.2. The molecule has 3 aliphatic carbocycles. The maximum absolute atomic E-state index is 14.0. The van der Waals surface area contributed by atoms with Crippen LogP contribution >= 0.6 is 22.6 Å². The van der Waals surface area contributed by atoms with Gasteiger partial charge in [0.05, 0.1) is 11.6 Å². The first kappa shape index (κ1) is 26.4. The number of phenolic OH excluding ortho intramolecular Hbond substituents is 1. The number of aliphatic hydroxyl groups excluding tert-OH is 1. The molecular formula is C28H27IN2O7. The molecule has 0 bridgehead atoms. The van der Waals surface area contributed by atoms with Gasteiger partial charge in [-0.15, -0.1) is 0 Å². The van der Waals surface area contributed by atoms with Gasteiger partial charge in [-0.1, -0.05) is 30.3 Å². The molecule has 0 aromatic heterocycles. The Hall–Kier alpha value is -3.22. The van der Waals surface area contributed by atoms with Crippen molar-refractivity contribution in [3.63, 3.8) is 0 Å². The molecule has 0 spiro atoms. The Morgan fingerprint density at radius 2 is 1.82 bits per heavy atom. The first-order chi connectivity index (χ1) is 18.0. The van der Waals surface area contributed by atoms with Crippen LogP contribution in [0.5, 0.6) is 5.75 Å². The number of phenols is 1. The molecular weight excluding hydrogens is 603 g/mol. The molecule has 198 valence electrons. The third kappa shape index (κ3) is 3.85. The van der Waals surface area contributed by atoms with Crippen molar-refractivity contribution in [2.75, 3.05) is 14.1 Å². The van der Waals surface area contributed by atoms with Crippen LogP contribution in [0.3, 0.4) is 0 Å². The van der Waals surface area contributed by atoms with Gasteiger partial charge in [0.2, 0.25) is 11.6 Å². The highest BCUT2D eigenvalue weighted by Gasteiger charge is 2.65. The molecule has 10 heteroatoms. The summed E-state index contributed by atoms with van der Waals surface area (Å²) in [5.41, 5.74) is 3.88. The second-order valence-electron chi connectivity index (χ2n) is 10.1. The number of hydrogen-bond donors (Lipinski definition) is 4. The summed E-state index contributed by atoms with van der Waals surface area (Å²) in [5.74, 6) is -5.42. The molecule has 2 aromatic carbocycles. The quantitative estimate of drug-likeness (QED) is 0.223. The lowest BCUT2D eigenvalue weighted by Crippen LogP contribution is -2.67. The zero-order chi connectivity index (χ0) is 27.5. The van der Waals surface area contributed by atoms with E-state index in [2.05, 4.69) is 22.6 Å². The lowest BCUT2D eigenvalue weighted by atomic mass is 9.57. The monoisotopic (exact) mass is 630 g/mol. The number of ketones is 2. The number of ether oxygens (including phenoxy) is 1. The Balaban J connectivity index is 1.66. The van der Waals surface area contributed by atoms with E-state index >= 15 is 0 Å². The second-order valence-corrected chi connectivity index (χ2v) is 11.3. The van der Waals surface area contributed by atoms with Gasteiger partial charge in [-0.25, -0.2) is 0 Å². The predicted octanol–water partition coefficient (Wildman–Crippen LogP) is 2.23. The van der Waals surface area contributed by atoms with E-state index in [1.807, 2.05) is 30.3 Å². The molecule has 1 saturated carbocycles. The van der Waals surface area contributed by atoms with Gasteiger partial charge < -0.3 is 25.8 Å². The molecule has 0 saturated heterocycles. The number of benzene rings is 2. The van der Waals surface area contributed by atoms with Crippen LogP contribution in [-0.4, -0.2) is 63.4 Å². The first-order valence-electron chi connectivity index (χ1n) is 12.1. The van der Waals surface area contributed by atoms with Crippen molar-refractivity contribution in [2.45, 2.75) is 31.1 Å². The number of hydrogen-bond acceptors (Lipinski definition) is 8. The van der Waals surface area contributed by atoms with Crippen LogP contribution < -0.4 is 5.73 Å². The summed E-state index contributed by atoms with van der Waals surface area (Å²) in [5, 5.41) is 33.5. The third-order valence-corrected chi connectivity index (χ3v) is 8.77. The van der Waals surface area contributed by atoms with Gasteiger partial charge in [0.1, 0.15) is 29.4 Å². The normalized spacial score (nSPS) is 26.7. The molecule has 1 fully saturated rings. The number of nitrogens with two attached hydrogens (primary N) is 1. The van der Waals surface area contributed by atoms with Gasteiger partial charge in [0.25, 0.3) is 5.91 Å². The summed E-state index contributed by atoms with van der Waals surface area (Å²) < 4.78 is 6.87. The van der Waals surface area contributed by atoms with Crippen molar-refractivity contribution < 1.29 is 34.4 Å². The number of fused-ring (bicyclic) bond motifs is 3. The summed E-state index contributed by atoms with van der Waals surface area (Å²) in [4.78, 5) is 42.0. The van der Waals surface area contributed by atoms with Gasteiger partial charge in [-0.05, 0) is 78.7 Å². The van der Waals surface area contributed by atoms with Crippen LogP contribution in [0.15, 0.2) is 59.4 Å². The molecule has 0 radical (unpaired) electrons. The molecule has 0 unspecified atom stereocenters. The fourth-order valence-corrected chi connectivity index (χ4v) is 6.75. The second kappa shape index (κ2) is 9.51. The van der Waals surface area contributed by atoms with Gasteiger partial charge >= 0.3 is 0 Å². The highest BCUT2D eigenvalue weighted by atomic mass is 127. The summed E-state index contributed by atoms with van der Waals surface area (Å²) >= 11 is 2.11. The highest BCUT2D eigenvalue weighted by Crippen LogP contribution is 2.52. The van der Waals surface area contributed by atoms with Gasteiger partial charge in [-0.2, -0.15) is 0 Å².